The van der Waals surface area contributed by atoms with Crippen LogP contribution in [0, 0.1) is 0 Å². The van der Waals surface area contributed by atoms with Gasteiger partial charge in [0, 0.05) is 18.2 Å². The van der Waals surface area contributed by atoms with E-state index in [0.717, 1.165) is 11.3 Å². The van der Waals surface area contributed by atoms with Crippen molar-refractivity contribution in [3.63, 3.8) is 0 Å². The van der Waals surface area contributed by atoms with E-state index in [1.54, 1.807) is 7.11 Å². The normalized spacial score (nSPS) is 17.0. The molecule has 20 heavy (non-hydrogen) atoms. The van der Waals surface area contributed by atoms with E-state index in [1.165, 1.54) is 19.3 Å². The number of rotatable bonds is 8. The number of aliphatic hydroxyl groups is 1. The lowest BCUT2D eigenvalue weighted by Crippen LogP contribution is -2.42. The molecule has 1 aliphatic rings. The van der Waals surface area contributed by atoms with Crippen LogP contribution in [0.3, 0.4) is 0 Å². The van der Waals surface area contributed by atoms with Gasteiger partial charge in [0.25, 0.3) is 0 Å². The zero-order valence-corrected chi connectivity index (χ0v) is 12.4. The first-order chi connectivity index (χ1) is 9.70. The Bertz CT molecular complexity index is 406. The Balaban J connectivity index is 1.69. The van der Waals surface area contributed by atoms with Crippen LogP contribution in [0.5, 0.6) is 5.75 Å². The van der Waals surface area contributed by atoms with Gasteiger partial charge >= 0.3 is 0 Å². The predicted octanol–water partition coefficient (Wildman–Crippen LogP) is 2.06. The highest BCUT2D eigenvalue weighted by atomic mass is 16.5. The van der Waals surface area contributed by atoms with E-state index in [2.05, 4.69) is 11.9 Å². The van der Waals surface area contributed by atoms with Gasteiger partial charge in [-0.15, -0.1) is 0 Å². The Kier molecular flexibility index (Phi) is 5.83. The molecule has 1 fully saturated rings. The highest BCUT2D eigenvalue weighted by Crippen LogP contribution is 2.23. The molecule has 1 aliphatic carbocycles. The van der Waals surface area contributed by atoms with Gasteiger partial charge in [0.05, 0.1) is 26.4 Å². The first kappa shape index (κ1) is 15.3. The Morgan fingerprint density at radius 2 is 2.10 bits per heavy atom. The maximum Gasteiger partial charge on any atom is 0.124 e. The Morgan fingerprint density at radius 1 is 1.35 bits per heavy atom. The van der Waals surface area contributed by atoms with E-state index in [1.807, 2.05) is 24.3 Å². The van der Waals surface area contributed by atoms with Crippen molar-refractivity contribution in [3.05, 3.63) is 29.8 Å². The average Bonchev–Trinajstić information content (AvgIpc) is 2.37. The third-order valence-corrected chi connectivity index (χ3v) is 3.96. The van der Waals surface area contributed by atoms with Crippen LogP contribution in [0.4, 0.5) is 0 Å². The van der Waals surface area contributed by atoms with Crippen molar-refractivity contribution in [2.24, 2.45) is 0 Å². The van der Waals surface area contributed by atoms with Crippen LogP contribution in [0.1, 0.15) is 24.8 Å². The predicted molar refractivity (Wildman–Crippen MR) is 78.9 cm³/mol. The van der Waals surface area contributed by atoms with E-state index in [9.17, 15) is 5.11 Å². The van der Waals surface area contributed by atoms with Gasteiger partial charge < -0.3 is 19.5 Å². The van der Waals surface area contributed by atoms with Crippen LogP contribution in [0.15, 0.2) is 24.3 Å². The van der Waals surface area contributed by atoms with Gasteiger partial charge in [0.15, 0.2) is 0 Å². The molecule has 0 radical (unpaired) electrons. The summed E-state index contributed by atoms with van der Waals surface area (Å²) in [5.41, 5.74) is 1.01. The third-order valence-electron chi connectivity index (χ3n) is 3.96. The van der Waals surface area contributed by atoms with Crippen molar-refractivity contribution in [1.29, 1.82) is 0 Å². The SMILES string of the molecule is COc1ccccc1COCC(O)CN(C)C1CCC1. The minimum atomic E-state index is -0.435. The fourth-order valence-corrected chi connectivity index (χ4v) is 2.49. The summed E-state index contributed by atoms with van der Waals surface area (Å²) in [5, 5.41) is 9.99. The molecule has 0 aromatic heterocycles. The van der Waals surface area contributed by atoms with Crippen LogP contribution < -0.4 is 4.74 Å². The van der Waals surface area contributed by atoms with Crippen molar-refractivity contribution in [2.45, 2.75) is 38.0 Å². The second-order valence-electron chi connectivity index (χ2n) is 5.51. The summed E-state index contributed by atoms with van der Waals surface area (Å²) in [5.74, 6) is 0.827. The first-order valence-corrected chi connectivity index (χ1v) is 7.28. The quantitative estimate of drug-likeness (QED) is 0.791. The molecule has 0 amide bonds. The topological polar surface area (TPSA) is 41.9 Å². The minimum absolute atomic E-state index is 0.356. The number of methoxy groups -OCH3 is 1. The molecule has 0 saturated heterocycles. The number of nitrogens with zero attached hydrogens (tertiary/aromatic N) is 1. The molecule has 0 aliphatic heterocycles. The second kappa shape index (κ2) is 7.62. The van der Waals surface area contributed by atoms with E-state index >= 15 is 0 Å². The molecular weight excluding hydrogens is 254 g/mol. The van der Waals surface area contributed by atoms with Gasteiger partial charge in [0.2, 0.25) is 0 Å². The fourth-order valence-electron chi connectivity index (χ4n) is 2.49. The van der Waals surface area contributed by atoms with E-state index in [4.69, 9.17) is 9.47 Å². The van der Waals surface area contributed by atoms with Gasteiger partial charge in [0.1, 0.15) is 5.75 Å². The largest absolute Gasteiger partial charge is 0.496 e. The molecular formula is C16H25NO3. The van der Waals surface area contributed by atoms with Crippen molar-refractivity contribution in [1.82, 2.24) is 4.90 Å². The molecule has 1 aromatic carbocycles. The van der Waals surface area contributed by atoms with Crippen molar-refractivity contribution < 1.29 is 14.6 Å². The number of likely N-dealkylation sites (N-methyl/N-ethyl adjacent to an activating group) is 1. The lowest BCUT2D eigenvalue weighted by molar-refractivity contribution is 0.000688. The third kappa shape index (κ3) is 4.20. The zero-order chi connectivity index (χ0) is 14.4. The number of hydrogen-bond donors (Lipinski definition) is 1. The number of ether oxygens (including phenoxy) is 2. The summed E-state index contributed by atoms with van der Waals surface area (Å²) in [6, 6.07) is 8.44. The molecule has 4 heteroatoms. The molecule has 0 bridgehead atoms. The van der Waals surface area contributed by atoms with Crippen LogP contribution in [0.2, 0.25) is 0 Å². The van der Waals surface area contributed by atoms with Crippen molar-refractivity contribution in [3.8, 4) is 5.75 Å². The van der Waals surface area contributed by atoms with Gasteiger partial charge in [-0.1, -0.05) is 24.6 Å². The van der Waals surface area contributed by atoms with Crippen LogP contribution in [-0.4, -0.2) is 49.5 Å². The molecule has 1 atom stereocenters. The monoisotopic (exact) mass is 279 g/mol. The Hall–Kier alpha value is -1.10. The fraction of sp³-hybridized carbons (Fsp3) is 0.625. The first-order valence-electron chi connectivity index (χ1n) is 7.28. The molecule has 1 unspecified atom stereocenters. The van der Waals surface area contributed by atoms with E-state index in [-0.39, 0.29) is 0 Å². The van der Waals surface area contributed by atoms with E-state index < -0.39 is 6.10 Å². The standard InChI is InChI=1S/C16H25NO3/c1-17(14-7-5-8-14)10-15(18)12-20-11-13-6-3-4-9-16(13)19-2/h3-4,6,9,14-15,18H,5,7-8,10-12H2,1-2H3. The summed E-state index contributed by atoms with van der Waals surface area (Å²) >= 11 is 0. The number of hydrogen-bond acceptors (Lipinski definition) is 4. The average molecular weight is 279 g/mol. The van der Waals surface area contributed by atoms with Crippen LogP contribution in [0.25, 0.3) is 0 Å². The van der Waals surface area contributed by atoms with Gasteiger partial charge in [-0.25, -0.2) is 0 Å². The highest BCUT2D eigenvalue weighted by molar-refractivity contribution is 5.32. The smallest absolute Gasteiger partial charge is 0.124 e. The number of benzene rings is 1. The highest BCUT2D eigenvalue weighted by Gasteiger charge is 2.23. The summed E-state index contributed by atoms with van der Waals surface area (Å²) < 4.78 is 10.9. The summed E-state index contributed by atoms with van der Waals surface area (Å²) in [6.45, 7) is 1.50. The molecule has 0 spiro atoms. The summed E-state index contributed by atoms with van der Waals surface area (Å²) in [7, 11) is 3.73. The lowest BCUT2D eigenvalue weighted by Gasteiger charge is -2.35. The van der Waals surface area contributed by atoms with Gasteiger partial charge in [-0.3, -0.25) is 0 Å². The Morgan fingerprint density at radius 3 is 2.75 bits per heavy atom. The number of aliphatic hydroxyl groups excluding tert-OH is 1. The molecule has 4 nitrogen and oxygen atoms in total. The molecule has 1 aromatic rings. The van der Waals surface area contributed by atoms with Gasteiger partial charge in [-0.05, 0) is 26.0 Å². The molecule has 112 valence electrons. The maximum atomic E-state index is 9.99. The molecule has 1 N–H and O–H groups in total. The van der Waals surface area contributed by atoms with Crippen LogP contribution >= 0.6 is 0 Å². The Labute approximate surface area is 121 Å². The lowest BCUT2D eigenvalue weighted by atomic mass is 9.92. The maximum absolute atomic E-state index is 9.99. The molecule has 2 rings (SSSR count). The minimum Gasteiger partial charge on any atom is -0.496 e. The van der Waals surface area contributed by atoms with Gasteiger partial charge in [-0.2, -0.15) is 0 Å². The second-order valence-corrected chi connectivity index (χ2v) is 5.51. The van der Waals surface area contributed by atoms with Crippen molar-refractivity contribution >= 4 is 0 Å². The van der Waals surface area contributed by atoms with E-state index in [0.29, 0.717) is 25.8 Å². The molecule has 0 heterocycles. The van der Waals surface area contributed by atoms with Crippen molar-refractivity contribution in [2.75, 3.05) is 27.3 Å². The zero-order valence-electron chi connectivity index (χ0n) is 12.4. The molecule has 1 saturated carbocycles. The number of para-hydroxylation sites is 1. The summed E-state index contributed by atoms with van der Waals surface area (Å²) in [4.78, 5) is 2.24. The van der Waals surface area contributed by atoms with Crippen LogP contribution in [-0.2, 0) is 11.3 Å². The summed E-state index contributed by atoms with van der Waals surface area (Å²) in [6.07, 6.45) is 3.39.